The summed E-state index contributed by atoms with van der Waals surface area (Å²) in [6.07, 6.45) is 0. The van der Waals surface area contributed by atoms with E-state index in [1.54, 1.807) is 7.05 Å². The van der Waals surface area contributed by atoms with E-state index >= 15 is 0 Å². The van der Waals surface area contributed by atoms with Gasteiger partial charge in [0.25, 0.3) is 0 Å². The average Bonchev–Trinajstić information content (AvgIpc) is 2.33. The molecule has 1 rings (SSSR count). The monoisotopic (exact) mass is 250 g/mol. The van der Waals surface area contributed by atoms with Gasteiger partial charge < -0.3 is 10.6 Å². The van der Waals surface area contributed by atoms with Crippen LogP contribution in [0.4, 0.5) is 10.2 Å². The zero-order chi connectivity index (χ0) is 13.7. The van der Waals surface area contributed by atoms with Crippen molar-refractivity contribution in [2.75, 3.05) is 12.4 Å². The minimum absolute atomic E-state index is 0.113. The molecule has 0 saturated carbocycles. The first-order valence-corrected chi connectivity index (χ1v) is 6.00. The standard InChI is InChI=1S/C13H19FN4/c1-8(2)9(3)17-13-11(14)5-10(6-15)12(18-13)7-16-4/h5,8-9,16H,7H2,1-4H3,(H,17,18). The Balaban J connectivity index is 3.06. The van der Waals surface area contributed by atoms with E-state index in [-0.39, 0.29) is 17.4 Å². The van der Waals surface area contributed by atoms with Crippen LogP contribution >= 0.6 is 0 Å². The fraction of sp³-hybridized carbons (Fsp3) is 0.538. The Morgan fingerprint density at radius 2 is 2.11 bits per heavy atom. The second kappa shape index (κ2) is 6.31. The van der Waals surface area contributed by atoms with Crippen molar-refractivity contribution in [3.8, 4) is 6.07 Å². The van der Waals surface area contributed by atoms with E-state index in [9.17, 15) is 4.39 Å². The van der Waals surface area contributed by atoms with Gasteiger partial charge in [-0.05, 0) is 26.0 Å². The van der Waals surface area contributed by atoms with Crippen molar-refractivity contribution >= 4 is 5.82 Å². The Labute approximate surface area is 107 Å². The van der Waals surface area contributed by atoms with Crippen molar-refractivity contribution in [3.05, 3.63) is 23.1 Å². The van der Waals surface area contributed by atoms with Crippen molar-refractivity contribution in [2.24, 2.45) is 5.92 Å². The van der Waals surface area contributed by atoms with E-state index in [1.807, 2.05) is 26.8 Å². The quantitative estimate of drug-likeness (QED) is 0.841. The maximum absolute atomic E-state index is 13.8. The molecule has 18 heavy (non-hydrogen) atoms. The molecule has 1 aromatic heterocycles. The minimum Gasteiger partial charge on any atom is -0.365 e. The van der Waals surface area contributed by atoms with E-state index in [0.29, 0.717) is 18.2 Å². The molecule has 0 aliphatic carbocycles. The molecule has 5 heteroatoms. The van der Waals surface area contributed by atoms with Crippen LogP contribution in [0, 0.1) is 23.1 Å². The highest BCUT2D eigenvalue weighted by atomic mass is 19.1. The highest BCUT2D eigenvalue weighted by Gasteiger charge is 2.14. The van der Waals surface area contributed by atoms with E-state index < -0.39 is 5.82 Å². The molecular weight excluding hydrogens is 231 g/mol. The van der Waals surface area contributed by atoms with Crippen LogP contribution in [-0.2, 0) is 6.54 Å². The first kappa shape index (κ1) is 14.4. The van der Waals surface area contributed by atoms with Crippen LogP contribution in [0.1, 0.15) is 32.0 Å². The summed E-state index contributed by atoms with van der Waals surface area (Å²) in [5.74, 6) is 0.0916. The molecule has 0 aromatic carbocycles. The van der Waals surface area contributed by atoms with Gasteiger partial charge in [-0.15, -0.1) is 0 Å². The van der Waals surface area contributed by atoms with Gasteiger partial charge in [0.2, 0.25) is 0 Å². The fourth-order valence-electron chi connectivity index (χ4n) is 1.41. The first-order chi connectivity index (χ1) is 8.49. The lowest BCUT2D eigenvalue weighted by Gasteiger charge is -2.19. The van der Waals surface area contributed by atoms with Crippen LogP contribution in [-0.4, -0.2) is 18.1 Å². The molecule has 98 valence electrons. The largest absolute Gasteiger partial charge is 0.365 e. The third kappa shape index (κ3) is 3.41. The molecule has 0 spiro atoms. The number of anilines is 1. The maximum Gasteiger partial charge on any atom is 0.166 e. The number of nitriles is 1. The summed E-state index contributed by atoms with van der Waals surface area (Å²) in [4.78, 5) is 4.18. The van der Waals surface area contributed by atoms with Crippen LogP contribution in [0.2, 0.25) is 0 Å². The van der Waals surface area contributed by atoms with Crippen LogP contribution in [0.25, 0.3) is 0 Å². The lowest BCUT2D eigenvalue weighted by Crippen LogP contribution is -2.23. The summed E-state index contributed by atoms with van der Waals surface area (Å²) in [5.41, 5.74) is 0.824. The van der Waals surface area contributed by atoms with E-state index in [2.05, 4.69) is 15.6 Å². The van der Waals surface area contributed by atoms with Crippen molar-refractivity contribution in [1.29, 1.82) is 5.26 Å². The van der Waals surface area contributed by atoms with Gasteiger partial charge in [-0.2, -0.15) is 5.26 Å². The second-order valence-electron chi connectivity index (χ2n) is 4.63. The lowest BCUT2D eigenvalue weighted by atomic mass is 10.1. The molecule has 1 unspecified atom stereocenters. The zero-order valence-corrected chi connectivity index (χ0v) is 11.2. The van der Waals surface area contributed by atoms with Gasteiger partial charge in [-0.1, -0.05) is 13.8 Å². The number of aromatic nitrogens is 1. The van der Waals surface area contributed by atoms with Gasteiger partial charge in [0.15, 0.2) is 11.6 Å². The van der Waals surface area contributed by atoms with Crippen LogP contribution in [0.3, 0.4) is 0 Å². The van der Waals surface area contributed by atoms with Crippen molar-refractivity contribution in [2.45, 2.75) is 33.4 Å². The van der Waals surface area contributed by atoms with Crippen LogP contribution in [0.5, 0.6) is 0 Å². The molecule has 0 bridgehead atoms. The highest BCUT2D eigenvalue weighted by Crippen LogP contribution is 2.18. The predicted octanol–water partition coefficient (Wildman–Crippen LogP) is 2.27. The van der Waals surface area contributed by atoms with Crippen LogP contribution < -0.4 is 10.6 Å². The highest BCUT2D eigenvalue weighted by molar-refractivity contribution is 5.45. The van der Waals surface area contributed by atoms with Crippen molar-refractivity contribution < 1.29 is 4.39 Å². The number of nitrogens with one attached hydrogen (secondary N) is 2. The summed E-state index contributed by atoms with van der Waals surface area (Å²) in [5, 5.41) is 14.9. The molecule has 0 aliphatic rings. The van der Waals surface area contributed by atoms with E-state index in [1.165, 1.54) is 6.07 Å². The molecule has 0 amide bonds. The number of rotatable bonds is 5. The SMILES string of the molecule is CNCc1nc(NC(C)C(C)C)c(F)cc1C#N. The molecule has 0 saturated heterocycles. The van der Waals surface area contributed by atoms with Gasteiger partial charge in [0, 0.05) is 12.6 Å². The number of pyridine rings is 1. The molecule has 2 N–H and O–H groups in total. The molecule has 0 radical (unpaired) electrons. The van der Waals surface area contributed by atoms with E-state index in [0.717, 1.165) is 0 Å². The topological polar surface area (TPSA) is 60.7 Å². The Hall–Kier alpha value is -1.67. The average molecular weight is 250 g/mol. The fourth-order valence-corrected chi connectivity index (χ4v) is 1.41. The van der Waals surface area contributed by atoms with Crippen LogP contribution in [0.15, 0.2) is 6.07 Å². The summed E-state index contributed by atoms with van der Waals surface area (Å²) < 4.78 is 13.8. The molecule has 1 atom stereocenters. The molecule has 4 nitrogen and oxygen atoms in total. The number of halogens is 1. The lowest BCUT2D eigenvalue weighted by molar-refractivity contribution is 0.548. The molecule has 0 fully saturated rings. The van der Waals surface area contributed by atoms with Crippen molar-refractivity contribution in [3.63, 3.8) is 0 Å². The van der Waals surface area contributed by atoms with Crippen molar-refractivity contribution in [1.82, 2.24) is 10.3 Å². The summed E-state index contributed by atoms with van der Waals surface area (Å²) >= 11 is 0. The van der Waals surface area contributed by atoms with Gasteiger partial charge in [-0.25, -0.2) is 9.37 Å². The Morgan fingerprint density at radius 3 is 2.61 bits per heavy atom. The second-order valence-corrected chi connectivity index (χ2v) is 4.63. The first-order valence-electron chi connectivity index (χ1n) is 6.00. The summed E-state index contributed by atoms with van der Waals surface area (Å²) in [6, 6.07) is 3.30. The third-order valence-electron chi connectivity index (χ3n) is 2.88. The number of nitrogens with zero attached hydrogens (tertiary/aromatic N) is 2. The Kier molecular flexibility index (Phi) is 5.05. The molecule has 1 heterocycles. The maximum atomic E-state index is 13.8. The molecule has 0 aliphatic heterocycles. The van der Waals surface area contributed by atoms with Gasteiger partial charge in [0.05, 0.1) is 11.3 Å². The molecular formula is C13H19FN4. The molecule has 1 aromatic rings. The number of hydrogen-bond acceptors (Lipinski definition) is 4. The smallest absolute Gasteiger partial charge is 0.166 e. The minimum atomic E-state index is -0.487. The summed E-state index contributed by atoms with van der Waals surface area (Å²) in [6.45, 7) is 6.51. The zero-order valence-electron chi connectivity index (χ0n) is 11.2. The predicted molar refractivity (Wildman–Crippen MR) is 69.6 cm³/mol. The number of hydrogen-bond donors (Lipinski definition) is 2. The van der Waals surface area contributed by atoms with Gasteiger partial charge in [-0.3, -0.25) is 0 Å². The van der Waals surface area contributed by atoms with Gasteiger partial charge in [0.1, 0.15) is 6.07 Å². The Morgan fingerprint density at radius 1 is 1.44 bits per heavy atom. The van der Waals surface area contributed by atoms with Gasteiger partial charge >= 0.3 is 0 Å². The normalized spacial score (nSPS) is 12.3. The Bertz CT molecular complexity index is 451. The third-order valence-corrected chi connectivity index (χ3v) is 2.88. The summed E-state index contributed by atoms with van der Waals surface area (Å²) in [7, 11) is 1.76. The van der Waals surface area contributed by atoms with E-state index in [4.69, 9.17) is 5.26 Å².